The molecule has 19 heavy (non-hydrogen) atoms. The van der Waals surface area contributed by atoms with E-state index in [1.807, 2.05) is 18.2 Å². The number of amides is 1. The lowest BCUT2D eigenvalue weighted by molar-refractivity contribution is -0.117. The van der Waals surface area contributed by atoms with Gasteiger partial charge in [-0.1, -0.05) is 12.8 Å². The Labute approximate surface area is 121 Å². The summed E-state index contributed by atoms with van der Waals surface area (Å²) in [6.07, 6.45) is 5.02. The standard InChI is InChI=1S/C15H18BrNO2/c1-19-9-6-7-12(16)13(8-9)17-15(18)14-10-4-2-3-5-11(10)14/h6-8,10-11,14H,2-5H2,1H3,(H,17,18). The first-order valence-electron chi connectivity index (χ1n) is 6.85. The SMILES string of the molecule is COc1ccc(Br)c(NC(=O)C2C3CCCCC32)c1. The van der Waals surface area contributed by atoms with Gasteiger partial charge in [0.05, 0.1) is 12.8 Å². The number of hydrogen-bond donors (Lipinski definition) is 1. The summed E-state index contributed by atoms with van der Waals surface area (Å²) in [7, 11) is 1.63. The van der Waals surface area contributed by atoms with Crippen LogP contribution >= 0.6 is 15.9 Å². The fourth-order valence-corrected chi connectivity index (χ4v) is 3.67. The lowest BCUT2D eigenvalue weighted by Gasteiger charge is -2.09. The highest BCUT2D eigenvalue weighted by Crippen LogP contribution is 2.55. The molecule has 0 aromatic heterocycles. The molecule has 0 spiro atoms. The van der Waals surface area contributed by atoms with E-state index >= 15 is 0 Å². The minimum Gasteiger partial charge on any atom is -0.497 e. The van der Waals surface area contributed by atoms with E-state index in [0.29, 0.717) is 11.8 Å². The number of methoxy groups -OCH3 is 1. The number of nitrogens with one attached hydrogen (secondary N) is 1. The monoisotopic (exact) mass is 323 g/mol. The van der Waals surface area contributed by atoms with E-state index in [0.717, 1.165) is 15.9 Å². The average molecular weight is 324 g/mol. The molecule has 3 rings (SSSR count). The number of ether oxygens (including phenoxy) is 1. The summed E-state index contributed by atoms with van der Waals surface area (Å²) in [5.41, 5.74) is 0.799. The van der Waals surface area contributed by atoms with Gasteiger partial charge in [-0.2, -0.15) is 0 Å². The lowest BCUT2D eigenvalue weighted by Crippen LogP contribution is -2.15. The van der Waals surface area contributed by atoms with Crippen molar-refractivity contribution in [1.29, 1.82) is 0 Å². The van der Waals surface area contributed by atoms with E-state index in [2.05, 4.69) is 21.2 Å². The van der Waals surface area contributed by atoms with Gasteiger partial charge >= 0.3 is 0 Å². The molecule has 1 aromatic carbocycles. The molecule has 2 aliphatic carbocycles. The summed E-state index contributed by atoms with van der Waals surface area (Å²) in [4.78, 5) is 12.3. The Hall–Kier alpha value is -1.03. The second kappa shape index (κ2) is 5.16. The first-order valence-corrected chi connectivity index (χ1v) is 7.64. The molecule has 2 saturated carbocycles. The molecule has 1 N–H and O–H groups in total. The smallest absolute Gasteiger partial charge is 0.228 e. The molecule has 1 amide bonds. The summed E-state index contributed by atoms with van der Waals surface area (Å²) in [5, 5.41) is 3.04. The highest BCUT2D eigenvalue weighted by atomic mass is 79.9. The van der Waals surface area contributed by atoms with Crippen molar-refractivity contribution in [3.05, 3.63) is 22.7 Å². The number of carbonyl (C=O) groups excluding carboxylic acids is 1. The minimum absolute atomic E-state index is 0.172. The van der Waals surface area contributed by atoms with Crippen LogP contribution in [-0.2, 0) is 4.79 Å². The van der Waals surface area contributed by atoms with Crippen molar-refractivity contribution in [2.24, 2.45) is 17.8 Å². The van der Waals surface area contributed by atoms with Gasteiger partial charge in [-0.25, -0.2) is 0 Å². The van der Waals surface area contributed by atoms with Crippen LogP contribution in [0.2, 0.25) is 0 Å². The second-order valence-electron chi connectivity index (χ2n) is 5.47. The molecule has 4 heteroatoms. The Morgan fingerprint density at radius 3 is 2.63 bits per heavy atom. The van der Waals surface area contributed by atoms with Crippen LogP contribution in [0.1, 0.15) is 25.7 Å². The quantitative estimate of drug-likeness (QED) is 0.917. The lowest BCUT2D eigenvalue weighted by atomic mass is 10.0. The summed E-state index contributed by atoms with van der Waals surface area (Å²) in [5.74, 6) is 2.44. The van der Waals surface area contributed by atoms with Crippen molar-refractivity contribution in [3.63, 3.8) is 0 Å². The number of carbonyl (C=O) groups is 1. The molecule has 0 aliphatic heterocycles. The zero-order valence-electron chi connectivity index (χ0n) is 11.0. The van der Waals surface area contributed by atoms with Crippen LogP contribution in [0.3, 0.4) is 0 Å². The Bertz CT molecular complexity index is 491. The van der Waals surface area contributed by atoms with Gasteiger partial charge in [-0.3, -0.25) is 4.79 Å². The average Bonchev–Trinajstić information content (AvgIpc) is 3.15. The fourth-order valence-electron chi connectivity index (χ4n) is 3.32. The highest BCUT2D eigenvalue weighted by molar-refractivity contribution is 9.10. The third-order valence-corrected chi connectivity index (χ3v) is 5.08. The van der Waals surface area contributed by atoms with Crippen molar-refractivity contribution < 1.29 is 9.53 Å². The van der Waals surface area contributed by atoms with Crippen LogP contribution in [0.5, 0.6) is 5.75 Å². The van der Waals surface area contributed by atoms with E-state index in [1.54, 1.807) is 7.11 Å². The minimum atomic E-state index is 0.172. The number of benzene rings is 1. The van der Waals surface area contributed by atoms with E-state index in [4.69, 9.17) is 4.74 Å². The molecule has 2 atom stereocenters. The van der Waals surface area contributed by atoms with Crippen LogP contribution in [0, 0.1) is 17.8 Å². The first-order chi connectivity index (χ1) is 9.20. The third-order valence-electron chi connectivity index (χ3n) is 4.39. The van der Waals surface area contributed by atoms with Crippen molar-refractivity contribution in [2.75, 3.05) is 12.4 Å². The van der Waals surface area contributed by atoms with Gasteiger partial charge in [-0.15, -0.1) is 0 Å². The Morgan fingerprint density at radius 2 is 2.00 bits per heavy atom. The van der Waals surface area contributed by atoms with Crippen LogP contribution < -0.4 is 10.1 Å². The Morgan fingerprint density at radius 1 is 1.32 bits per heavy atom. The molecule has 2 unspecified atom stereocenters. The zero-order valence-corrected chi connectivity index (χ0v) is 12.6. The molecule has 2 fully saturated rings. The van der Waals surface area contributed by atoms with E-state index in [9.17, 15) is 4.79 Å². The number of hydrogen-bond acceptors (Lipinski definition) is 2. The summed E-state index contributed by atoms with van der Waals surface area (Å²) in [6.45, 7) is 0. The van der Waals surface area contributed by atoms with Gasteiger partial charge in [-0.05, 0) is 52.7 Å². The van der Waals surface area contributed by atoms with Crippen molar-refractivity contribution in [2.45, 2.75) is 25.7 Å². The molecule has 2 aliphatic rings. The molecular weight excluding hydrogens is 306 g/mol. The highest BCUT2D eigenvalue weighted by Gasteiger charge is 2.54. The zero-order chi connectivity index (χ0) is 13.4. The molecule has 3 nitrogen and oxygen atoms in total. The predicted octanol–water partition coefficient (Wildman–Crippen LogP) is 3.83. The number of anilines is 1. The topological polar surface area (TPSA) is 38.3 Å². The van der Waals surface area contributed by atoms with Crippen LogP contribution in [0.25, 0.3) is 0 Å². The van der Waals surface area contributed by atoms with Crippen LogP contribution in [0.4, 0.5) is 5.69 Å². The Balaban J connectivity index is 1.70. The number of halogens is 1. The van der Waals surface area contributed by atoms with Crippen LogP contribution in [0.15, 0.2) is 22.7 Å². The maximum atomic E-state index is 12.3. The van der Waals surface area contributed by atoms with Gasteiger partial charge < -0.3 is 10.1 Å². The van der Waals surface area contributed by atoms with Gasteiger partial charge in [0.25, 0.3) is 0 Å². The summed E-state index contributed by atoms with van der Waals surface area (Å²) in [6, 6.07) is 5.62. The van der Waals surface area contributed by atoms with Gasteiger partial charge in [0.15, 0.2) is 0 Å². The third kappa shape index (κ3) is 2.50. The van der Waals surface area contributed by atoms with E-state index in [-0.39, 0.29) is 11.8 Å². The maximum absolute atomic E-state index is 12.3. The van der Waals surface area contributed by atoms with Gasteiger partial charge in [0.2, 0.25) is 5.91 Å². The van der Waals surface area contributed by atoms with Gasteiger partial charge in [0.1, 0.15) is 5.75 Å². The first kappa shape index (κ1) is 13.0. The number of fused-ring (bicyclic) bond motifs is 1. The van der Waals surface area contributed by atoms with Crippen molar-refractivity contribution >= 4 is 27.5 Å². The molecule has 0 saturated heterocycles. The van der Waals surface area contributed by atoms with Crippen LogP contribution in [-0.4, -0.2) is 13.0 Å². The predicted molar refractivity (Wildman–Crippen MR) is 78.3 cm³/mol. The van der Waals surface area contributed by atoms with E-state index < -0.39 is 0 Å². The molecule has 1 aromatic rings. The fraction of sp³-hybridized carbons (Fsp3) is 0.533. The second-order valence-corrected chi connectivity index (χ2v) is 6.33. The Kier molecular flexibility index (Phi) is 3.52. The van der Waals surface area contributed by atoms with Crippen molar-refractivity contribution in [3.8, 4) is 5.75 Å². The van der Waals surface area contributed by atoms with Gasteiger partial charge in [0, 0.05) is 16.5 Å². The molecular formula is C15H18BrNO2. The summed E-state index contributed by atoms with van der Waals surface area (Å²) >= 11 is 3.46. The van der Waals surface area contributed by atoms with E-state index in [1.165, 1.54) is 25.7 Å². The van der Waals surface area contributed by atoms with Crippen molar-refractivity contribution in [1.82, 2.24) is 0 Å². The normalized spacial score (nSPS) is 28.4. The summed E-state index contributed by atoms with van der Waals surface area (Å²) < 4.78 is 6.08. The maximum Gasteiger partial charge on any atom is 0.228 e. The number of rotatable bonds is 3. The largest absolute Gasteiger partial charge is 0.497 e. The molecule has 0 bridgehead atoms. The molecule has 0 radical (unpaired) electrons. The molecule has 0 heterocycles. The molecule has 102 valence electrons.